The average Bonchev–Trinajstić information content (AvgIpc) is 3.30. The predicted octanol–water partition coefficient (Wildman–Crippen LogP) is 2.65. The van der Waals surface area contributed by atoms with E-state index in [1.165, 1.54) is 16.8 Å². The first-order valence-corrected chi connectivity index (χ1v) is 10.8. The van der Waals surface area contributed by atoms with Crippen LogP contribution in [0.25, 0.3) is 0 Å². The molecule has 0 saturated carbocycles. The maximum Gasteiger partial charge on any atom is 0.191 e. The third-order valence-electron chi connectivity index (χ3n) is 5.98. The Kier molecular flexibility index (Phi) is 10.1. The van der Waals surface area contributed by atoms with Gasteiger partial charge in [-0.05, 0) is 49.9 Å². The molecule has 0 spiro atoms. The summed E-state index contributed by atoms with van der Waals surface area (Å²) in [6, 6.07) is 6.43. The summed E-state index contributed by atoms with van der Waals surface area (Å²) in [5.41, 5.74) is 4.83. The fraction of sp³-hybridized carbons (Fsp3) is 0.565. The smallest absolute Gasteiger partial charge is 0.191 e. The molecule has 1 aliphatic rings. The summed E-state index contributed by atoms with van der Waals surface area (Å²) in [5.74, 6) is 2.51. The fourth-order valence-corrected chi connectivity index (χ4v) is 4.18. The van der Waals surface area contributed by atoms with E-state index in [2.05, 4.69) is 51.6 Å². The van der Waals surface area contributed by atoms with Crippen molar-refractivity contribution in [3.63, 3.8) is 0 Å². The SMILES string of the molecule is CN=C(NCCc1c(C)nn(C)c1C)NC1CCN(Cc2cc(OC)cc(OC)c2)C1.I. The van der Waals surface area contributed by atoms with Crippen molar-refractivity contribution in [1.82, 2.24) is 25.3 Å². The van der Waals surface area contributed by atoms with Crippen LogP contribution in [-0.4, -0.2) is 67.6 Å². The lowest BCUT2D eigenvalue weighted by Gasteiger charge is -2.19. The number of nitrogens with zero attached hydrogens (tertiary/aromatic N) is 4. The van der Waals surface area contributed by atoms with E-state index in [1.54, 1.807) is 14.2 Å². The summed E-state index contributed by atoms with van der Waals surface area (Å²) in [6.45, 7) is 7.90. The minimum absolute atomic E-state index is 0. The number of aliphatic imine (C=N–C) groups is 1. The first-order chi connectivity index (χ1) is 14.9. The van der Waals surface area contributed by atoms with Crippen molar-refractivity contribution in [3.8, 4) is 11.5 Å². The number of rotatable bonds is 8. The highest BCUT2D eigenvalue weighted by molar-refractivity contribution is 14.0. The van der Waals surface area contributed by atoms with Gasteiger partial charge in [0.15, 0.2) is 5.96 Å². The molecule has 1 saturated heterocycles. The van der Waals surface area contributed by atoms with Crippen LogP contribution in [0, 0.1) is 13.8 Å². The monoisotopic (exact) mass is 556 g/mol. The van der Waals surface area contributed by atoms with Crippen LogP contribution in [0.2, 0.25) is 0 Å². The number of likely N-dealkylation sites (tertiary alicyclic amines) is 1. The Morgan fingerprint density at radius 2 is 1.88 bits per heavy atom. The van der Waals surface area contributed by atoms with Gasteiger partial charge in [-0.15, -0.1) is 24.0 Å². The molecule has 1 fully saturated rings. The van der Waals surface area contributed by atoms with Gasteiger partial charge in [0.1, 0.15) is 11.5 Å². The van der Waals surface area contributed by atoms with Gasteiger partial charge >= 0.3 is 0 Å². The Hall–Kier alpha value is -2.01. The van der Waals surface area contributed by atoms with Gasteiger partial charge < -0.3 is 20.1 Å². The number of aromatic nitrogens is 2. The maximum absolute atomic E-state index is 5.40. The van der Waals surface area contributed by atoms with E-state index in [9.17, 15) is 0 Å². The molecule has 2 N–H and O–H groups in total. The third kappa shape index (κ3) is 6.74. The first kappa shape index (κ1) is 26.2. The molecule has 0 amide bonds. The second kappa shape index (κ2) is 12.3. The maximum atomic E-state index is 5.40. The zero-order valence-electron chi connectivity index (χ0n) is 20.1. The van der Waals surface area contributed by atoms with E-state index >= 15 is 0 Å². The minimum Gasteiger partial charge on any atom is -0.497 e. The van der Waals surface area contributed by atoms with Crippen molar-refractivity contribution in [3.05, 3.63) is 40.7 Å². The third-order valence-corrected chi connectivity index (χ3v) is 5.98. The van der Waals surface area contributed by atoms with Gasteiger partial charge in [-0.1, -0.05) is 0 Å². The molecule has 2 aromatic rings. The molecule has 2 heterocycles. The summed E-state index contributed by atoms with van der Waals surface area (Å²) < 4.78 is 12.7. The van der Waals surface area contributed by atoms with Crippen molar-refractivity contribution in [2.75, 3.05) is 40.9 Å². The molecule has 0 bridgehead atoms. The Bertz CT molecular complexity index is 892. The van der Waals surface area contributed by atoms with Crippen molar-refractivity contribution in [2.24, 2.45) is 12.0 Å². The van der Waals surface area contributed by atoms with Crippen LogP contribution < -0.4 is 20.1 Å². The lowest BCUT2D eigenvalue weighted by atomic mass is 10.1. The molecule has 32 heavy (non-hydrogen) atoms. The molecular weight excluding hydrogens is 519 g/mol. The number of halogens is 1. The molecule has 1 atom stereocenters. The number of methoxy groups -OCH3 is 2. The quantitative estimate of drug-likeness (QED) is 0.296. The van der Waals surface area contributed by atoms with Gasteiger partial charge in [0.25, 0.3) is 0 Å². The molecule has 0 radical (unpaired) electrons. The number of guanidine groups is 1. The van der Waals surface area contributed by atoms with E-state index in [-0.39, 0.29) is 24.0 Å². The molecule has 9 heteroatoms. The van der Waals surface area contributed by atoms with Crippen LogP contribution >= 0.6 is 24.0 Å². The van der Waals surface area contributed by atoms with E-state index < -0.39 is 0 Å². The molecule has 1 aromatic heterocycles. The molecule has 8 nitrogen and oxygen atoms in total. The zero-order valence-corrected chi connectivity index (χ0v) is 22.4. The molecule has 3 rings (SSSR count). The van der Waals surface area contributed by atoms with Gasteiger partial charge in [-0.25, -0.2) is 0 Å². The zero-order chi connectivity index (χ0) is 22.4. The van der Waals surface area contributed by atoms with Crippen LogP contribution in [-0.2, 0) is 20.0 Å². The van der Waals surface area contributed by atoms with Crippen molar-refractivity contribution in [1.29, 1.82) is 0 Å². The lowest BCUT2D eigenvalue weighted by molar-refractivity contribution is 0.321. The second-order valence-electron chi connectivity index (χ2n) is 8.11. The predicted molar refractivity (Wildman–Crippen MR) is 140 cm³/mol. The van der Waals surface area contributed by atoms with Gasteiger partial charge in [0, 0.05) is 58.1 Å². The number of aryl methyl sites for hydroxylation is 2. The van der Waals surface area contributed by atoms with E-state index in [1.807, 2.05) is 24.8 Å². The number of hydrogen-bond acceptors (Lipinski definition) is 5. The fourth-order valence-electron chi connectivity index (χ4n) is 4.18. The van der Waals surface area contributed by atoms with E-state index in [0.29, 0.717) is 6.04 Å². The first-order valence-electron chi connectivity index (χ1n) is 10.8. The number of hydrogen-bond donors (Lipinski definition) is 2. The Morgan fingerprint density at radius 1 is 1.19 bits per heavy atom. The van der Waals surface area contributed by atoms with Crippen LogP contribution in [0.5, 0.6) is 11.5 Å². The highest BCUT2D eigenvalue weighted by atomic mass is 127. The van der Waals surface area contributed by atoms with Crippen LogP contribution in [0.3, 0.4) is 0 Å². The minimum atomic E-state index is 0. The van der Waals surface area contributed by atoms with Crippen molar-refractivity contribution < 1.29 is 9.47 Å². The Balaban J connectivity index is 0.00000363. The largest absolute Gasteiger partial charge is 0.497 e. The van der Waals surface area contributed by atoms with Crippen molar-refractivity contribution >= 4 is 29.9 Å². The molecule has 1 aromatic carbocycles. The summed E-state index contributed by atoms with van der Waals surface area (Å²) in [6.07, 6.45) is 2.02. The highest BCUT2D eigenvalue weighted by Gasteiger charge is 2.23. The summed E-state index contributed by atoms with van der Waals surface area (Å²) in [5, 5.41) is 11.5. The number of benzene rings is 1. The highest BCUT2D eigenvalue weighted by Crippen LogP contribution is 2.24. The molecule has 1 unspecified atom stereocenters. The summed E-state index contributed by atoms with van der Waals surface area (Å²) in [7, 11) is 7.19. The van der Waals surface area contributed by atoms with Gasteiger partial charge in [0.05, 0.1) is 19.9 Å². The van der Waals surface area contributed by atoms with E-state index in [4.69, 9.17) is 9.47 Å². The topological polar surface area (TPSA) is 75.9 Å². The normalized spacial score (nSPS) is 16.6. The average molecular weight is 556 g/mol. The standard InChI is InChI=1S/C23H36N6O2.HI/c1-16-22(17(2)28(4)27-16)7-9-25-23(24-3)26-19-8-10-29(15-19)14-18-11-20(30-5)13-21(12-18)31-6;/h11-13,19H,7-10,14-15H2,1-6H3,(H2,24,25,26);1H. The van der Waals surface area contributed by atoms with Gasteiger partial charge in [0.2, 0.25) is 0 Å². The Morgan fingerprint density at radius 3 is 2.44 bits per heavy atom. The van der Waals surface area contributed by atoms with Gasteiger partial charge in [-0.3, -0.25) is 14.6 Å². The van der Waals surface area contributed by atoms with Crippen LogP contribution in [0.15, 0.2) is 23.2 Å². The molecule has 1 aliphatic heterocycles. The van der Waals surface area contributed by atoms with Gasteiger partial charge in [-0.2, -0.15) is 5.10 Å². The van der Waals surface area contributed by atoms with E-state index in [0.717, 1.165) is 62.2 Å². The summed E-state index contributed by atoms with van der Waals surface area (Å²) in [4.78, 5) is 6.86. The summed E-state index contributed by atoms with van der Waals surface area (Å²) >= 11 is 0. The number of nitrogens with one attached hydrogen (secondary N) is 2. The van der Waals surface area contributed by atoms with Crippen molar-refractivity contribution in [2.45, 2.75) is 39.3 Å². The second-order valence-corrected chi connectivity index (χ2v) is 8.11. The molecule has 0 aliphatic carbocycles. The molecule has 178 valence electrons. The van der Waals surface area contributed by atoms with Crippen LogP contribution in [0.4, 0.5) is 0 Å². The molecular formula is C23H37IN6O2. The lowest BCUT2D eigenvalue weighted by Crippen LogP contribution is -2.45. The van der Waals surface area contributed by atoms with Crippen LogP contribution in [0.1, 0.15) is 28.9 Å². The Labute approximate surface area is 208 Å². The number of ether oxygens (including phenoxy) is 2.